The molecule has 5 rings (SSSR count). The largest absolute Gasteiger partial charge is 0.573 e. The van der Waals surface area contributed by atoms with Crippen LogP contribution >= 0.6 is 11.6 Å². The van der Waals surface area contributed by atoms with Crippen LogP contribution in [0.1, 0.15) is 35.6 Å². The molecule has 4 nitrogen and oxygen atoms in total. The fourth-order valence-electron chi connectivity index (χ4n) is 4.95. The molecule has 0 bridgehead atoms. The van der Waals surface area contributed by atoms with E-state index in [1.165, 1.54) is 30.5 Å². The van der Waals surface area contributed by atoms with Gasteiger partial charge in [-0.05, 0) is 36.1 Å². The Morgan fingerprint density at radius 3 is 2.48 bits per heavy atom. The van der Waals surface area contributed by atoms with E-state index in [4.69, 9.17) is 16.3 Å². The van der Waals surface area contributed by atoms with Crippen LogP contribution in [0, 0.1) is 0 Å². The number of aromatic nitrogens is 1. The summed E-state index contributed by atoms with van der Waals surface area (Å²) in [5.41, 5.74) is -0.880. The van der Waals surface area contributed by atoms with Crippen molar-refractivity contribution in [2.75, 3.05) is 0 Å². The predicted octanol–water partition coefficient (Wildman–Crippen LogP) is 5.69. The molecule has 1 aliphatic heterocycles. The van der Waals surface area contributed by atoms with E-state index in [-0.39, 0.29) is 11.7 Å². The Bertz CT molecular complexity index is 1120. The molecule has 2 heterocycles. The molecule has 0 radical (unpaired) electrons. The molecule has 160 valence electrons. The van der Waals surface area contributed by atoms with E-state index in [0.29, 0.717) is 34.9 Å². The fraction of sp³-hybridized carbons (Fsp3) is 0.261. The van der Waals surface area contributed by atoms with Gasteiger partial charge in [-0.25, -0.2) is 0 Å². The van der Waals surface area contributed by atoms with Crippen LogP contribution in [-0.4, -0.2) is 16.5 Å². The third-order valence-corrected chi connectivity index (χ3v) is 6.31. The van der Waals surface area contributed by atoms with Gasteiger partial charge in [-0.2, -0.15) is 0 Å². The second kappa shape index (κ2) is 6.87. The zero-order chi connectivity index (χ0) is 21.9. The first kappa shape index (κ1) is 20.2. The van der Waals surface area contributed by atoms with Crippen molar-refractivity contribution in [2.24, 2.45) is 0 Å². The number of benzene rings is 2. The molecule has 31 heavy (non-hydrogen) atoms. The number of hydrogen-bond donors (Lipinski definition) is 1. The minimum Gasteiger partial charge on any atom is -0.476 e. The van der Waals surface area contributed by atoms with Crippen molar-refractivity contribution in [3.63, 3.8) is 0 Å². The van der Waals surface area contributed by atoms with Crippen molar-refractivity contribution in [3.8, 4) is 11.5 Å². The summed E-state index contributed by atoms with van der Waals surface area (Å²) in [5, 5.41) is 12.3. The van der Waals surface area contributed by atoms with Gasteiger partial charge in [0.05, 0.1) is 5.02 Å². The highest BCUT2D eigenvalue weighted by molar-refractivity contribution is 6.30. The van der Waals surface area contributed by atoms with E-state index in [1.807, 2.05) is 30.3 Å². The number of alkyl halides is 3. The maximum atomic E-state index is 12.6. The number of ether oxygens (including phenoxy) is 2. The van der Waals surface area contributed by atoms with Crippen LogP contribution < -0.4 is 9.47 Å². The van der Waals surface area contributed by atoms with E-state index >= 15 is 0 Å². The van der Waals surface area contributed by atoms with Crippen LogP contribution in [-0.2, 0) is 11.2 Å². The maximum absolute atomic E-state index is 12.6. The van der Waals surface area contributed by atoms with Gasteiger partial charge in [0.25, 0.3) is 0 Å². The second-order valence-electron chi connectivity index (χ2n) is 7.77. The summed E-state index contributed by atoms with van der Waals surface area (Å²) in [6, 6.07) is 16.7. The van der Waals surface area contributed by atoms with Crippen LogP contribution in [0.5, 0.6) is 11.5 Å². The molecule has 0 amide bonds. The lowest BCUT2D eigenvalue weighted by Gasteiger charge is -2.39. The third kappa shape index (κ3) is 3.06. The zero-order valence-electron chi connectivity index (χ0n) is 16.1. The average molecular weight is 448 g/mol. The molecule has 1 aliphatic carbocycles. The topological polar surface area (TPSA) is 51.6 Å². The van der Waals surface area contributed by atoms with Crippen LogP contribution in [0.2, 0.25) is 5.02 Å². The molecular weight excluding hydrogens is 431 g/mol. The molecule has 1 saturated carbocycles. The number of rotatable bonds is 3. The molecule has 1 unspecified atom stereocenters. The lowest BCUT2D eigenvalue weighted by molar-refractivity contribution is -0.274. The molecule has 1 N–H and O–H groups in total. The highest BCUT2D eigenvalue weighted by Gasteiger charge is 2.69. The monoisotopic (exact) mass is 447 g/mol. The third-order valence-electron chi connectivity index (χ3n) is 6.10. The summed E-state index contributed by atoms with van der Waals surface area (Å²) in [6.45, 7) is 0. The van der Waals surface area contributed by atoms with E-state index in [0.717, 1.165) is 5.56 Å². The molecule has 1 aromatic heterocycles. The highest BCUT2D eigenvalue weighted by Crippen LogP contribution is 2.66. The first-order chi connectivity index (χ1) is 14.7. The van der Waals surface area contributed by atoms with E-state index in [9.17, 15) is 18.3 Å². The summed E-state index contributed by atoms with van der Waals surface area (Å²) in [6.07, 6.45) is -2.37. The van der Waals surface area contributed by atoms with Crippen molar-refractivity contribution in [2.45, 2.75) is 36.3 Å². The lowest BCUT2D eigenvalue weighted by Crippen LogP contribution is -2.48. The average Bonchev–Trinajstić information content (AvgIpc) is 3.15. The molecular formula is C23H17ClF3NO3. The van der Waals surface area contributed by atoms with Gasteiger partial charge >= 0.3 is 6.36 Å². The number of aliphatic hydroxyl groups is 1. The molecule has 0 saturated heterocycles. The quantitative estimate of drug-likeness (QED) is 0.560. The van der Waals surface area contributed by atoms with Crippen LogP contribution in [0.4, 0.5) is 13.2 Å². The van der Waals surface area contributed by atoms with Gasteiger partial charge in [0.15, 0.2) is 11.2 Å². The molecule has 0 spiro atoms. The van der Waals surface area contributed by atoms with Crippen molar-refractivity contribution in [1.29, 1.82) is 0 Å². The SMILES string of the molecule is OC12CC[C@@H](c3ccccc3)[C@]1(c1ccc(OC(F)(F)F)cc1)Oc1cc(Cl)cnc12. The van der Waals surface area contributed by atoms with E-state index in [1.54, 1.807) is 6.07 Å². The Hall–Kier alpha value is -2.77. The Balaban J connectivity index is 1.67. The predicted molar refractivity (Wildman–Crippen MR) is 107 cm³/mol. The van der Waals surface area contributed by atoms with E-state index in [2.05, 4.69) is 9.72 Å². The van der Waals surface area contributed by atoms with Gasteiger partial charge in [0, 0.05) is 18.2 Å². The van der Waals surface area contributed by atoms with E-state index < -0.39 is 17.6 Å². The first-order valence-corrected chi connectivity index (χ1v) is 10.1. The molecule has 3 atom stereocenters. The van der Waals surface area contributed by atoms with Gasteiger partial charge < -0.3 is 14.6 Å². The van der Waals surface area contributed by atoms with Gasteiger partial charge in [-0.1, -0.05) is 54.1 Å². The summed E-state index contributed by atoms with van der Waals surface area (Å²) in [4.78, 5) is 4.36. The summed E-state index contributed by atoms with van der Waals surface area (Å²) < 4.78 is 48.3. The Morgan fingerprint density at radius 1 is 1.10 bits per heavy atom. The highest BCUT2D eigenvalue weighted by atomic mass is 35.5. The minimum atomic E-state index is -4.79. The number of fused-ring (bicyclic) bond motifs is 3. The van der Waals surface area contributed by atoms with Gasteiger partial charge in [-0.15, -0.1) is 13.2 Å². The standard InChI is InChI=1S/C23H17ClF3NO3/c24-16-12-19-20(28-13-16)21(29)11-10-18(14-4-2-1-3-5-14)22(21,31-19)15-6-8-17(9-7-15)30-23(25,26)27/h1-9,12-13,18,29H,10-11H2/t18-,21?,22-/m0/s1. The van der Waals surface area contributed by atoms with Crippen molar-refractivity contribution in [3.05, 3.63) is 88.7 Å². The normalized spacial score (nSPS) is 26.8. The van der Waals surface area contributed by atoms with Crippen LogP contribution in [0.3, 0.4) is 0 Å². The summed E-state index contributed by atoms with van der Waals surface area (Å²) in [7, 11) is 0. The Morgan fingerprint density at radius 2 is 1.81 bits per heavy atom. The smallest absolute Gasteiger partial charge is 0.476 e. The van der Waals surface area contributed by atoms with Crippen LogP contribution in [0.25, 0.3) is 0 Å². The number of hydrogen-bond acceptors (Lipinski definition) is 4. The number of nitrogens with zero attached hydrogens (tertiary/aromatic N) is 1. The second-order valence-corrected chi connectivity index (χ2v) is 8.21. The molecule has 1 fully saturated rings. The fourth-order valence-corrected chi connectivity index (χ4v) is 5.10. The number of halogens is 4. The Kier molecular flexibility index (Phi) is 4.46. The van der Waals surface area contributed by atoms with Crippen molar-refractivity contribution < 1.29 is 27.8 Å². The minimum absolute atomic E-state index is 0.263. The van der Waals surface area contributed by atoms with Gasteiger partial charge in [-0.3, -0.25) is 4.98 Å². The molecule has 8 heteroatoms. The molecule has 2 aliphatic rings. The van der Waals surface area contributed by atoms with Gasteiger partial charge in [0.2, 0.25) is 0 Å². The Labute approximate surface area is 181 Å². The summed E-state index contributed by atoms with van der Waals surface area (Å²) in [5.74, 6) is -0.241. The first-order valence-electron chi connectivity index (χ1n) is 9.72. The van der Waals surface area contributed by atoms with Gasteiger partial charge in [0.1, 0.15) is 17.2 Å². The summed E-state index contributed by atoms with van der Waals surface area (Å²) >= 11 is 6.11. The van der Waals surface area contributed by atoms with Crippen LogP contribution in [0.15, 0.2) is 66.9 Å². The number of pyridine rings is 1. The van der Waals surface area contributed by atoms with Crippen molar-refractivity contribution >= 4 is 11.6 Å². The lowest BCUT2D eigenvalue weighted by atomic mass is 9.73. The molecule has 2 aromatic carbocycles. The maximum Gasteiger partial charge on any atom is 0.573 e. The zero-order valence-corrected chi connectivity index (χ0v) is 16.8. The van der Waals surface area contributed by atoms with Crippen molar-refractivity contribution in [1.82, 2.24) is 4.98 Å². The molecule has 3 aromatic rings.